The summed E-state index contributed by atoms with van der Waals surface area (Å²) in [6, 6.07) is 6.97. The molecule has 0 atom stereocenters. The van der Waals surface area contributed by atoms with E-state index in [0.717, 1.165) is 22.9 Å². The van der Waals surface area contributed by atoms with E-state index in [1.165, 1.54) is 17.8 Å². The van der Waals surface area contributed by atoms with Crippen molar-refractivity contribution < 1.29 is 4.42 Å². The molecular weight excluding hydrogens is 320 g/mol. The minimum Gasteiger partial charge on any atom is -0.423 e. The molecule has 0 spiro atoms. The predicted octanol–water partition coefficient (Wildman–Crippen LogP) is 4.09. The number of hydrogen-bond donors (Lipinski definition) is 0. The van der Waals surface area contributed by atoms with Crippen molar-refractivity contribution in [2.45, 2.75) is 24.3 Å². The van der Waals surface area contributed by atoms with E-state index in [-0.39, 0.29) is 5.63 Å². The molecule has 0 unspecified atom stereocenters. The first-order valence-electron chi connectivity index (χ1n) is 6.82. The number of fused-ring (bicyclic) bond motifs is 1. The molecule has 22 heavy (non-hydrogen) atoms. The number of halogens is 1. The fraction of sp³-hybridized carbons (Fsp3) is 0.188. The maximum absolute atomic E-state index is 11.8. The van der Waals surface area contributed by atoms with E-state index >= 15 is 0 Å². The fourth-order valence-electron chi connectivity index (χ4n) is 2.18. The van der Waals surface area contributed by atoms with Crippen LogP contribution in [0, 0.1) is 0 Å². The minimum atomic E-state index is -0.360. The zero-order chi connectivity index (χ0) is 15.5. The lowest BCUT2D eigenvalue weighted by Gasteiger charge is -2.08. The number of rotatable bonds is 4. The Labute approximate surface area is 136 Å². The van der Waals surface area contributed by atoms with Gasteiger partial charge in [0.25, 0.3) is 0 Å². The van der Waals surface area contributed by atoms with Crippen LogP contribution in [0.4, 0.5) is 0 Å². The van der Waals surface area contributed by atoms with E-state index in [9.17, 15) is 4.79 Å². The summed E-state index contributed by atoms with van der Waals surface area (Å²) < 4.78 is 5.30. The summed E-state index contributed by atoms with van der Waals surface area (Å²) in [7, 11) is 0. The first-order chi connectivity index (χ1) is 10.7. The summed E-state index contributed by atoms with van der Waals surface area (Å²) in [5.41, 5.74) is 2.04. The van der Waals surface area contributed by atoms with E-state index < -0.39 is 0 Å². The van der Waals surface area contributed by atoms with Crippen LogP contribution in [0.5, 0.6) is 0 Å². The summed E-state index contributed by atoms with van der Waals surface area (Å²) in [5, 5.41) is 2.21. The lowest BCUT2D eigenvalue weighted by atomic mass is 10.1. The molecule has 0 saturated carbocycles. The molecule has 3 rings (SSSR count). The molecule has 0 aliphatic carbocycles. The molecule has 112 valence electrons. The third-order valence-electron chi connectivity index (χ3n) is 3.28. The molecule has 0 amide bonds. The molecule has 0 aliphatic rings. The van der Waals surface area contributed by atoms with Crippen LogP contribution in [0.25, 0.3) is 11.0 Å². The molecule has 1 aromatic carbocycles. The van der Waals surface area contributed by atoms with E-state index in [1.807, 2.05) is 19.1 Å². The van der Waals surface area contributed by atoms with Gasteiger partial charge in [-0.05, 0) is 35.7 Å². The summed E-state index contributed by atoms with van der Waals surface area (Å²) in [5.74, 6) is 0.577. The SMILES string of the molecule is CCc1cc2oc(=O)cc(CSc3ncccn3)c2cc1Cl. The largest absolute Gasteiger partial charge is 0.423 e. The van der Waals surface area contributed by atoms with Gasteiger partial charge in [-0.2, -0.15) is 0 Å². The van der Waals surface area contributed by atoms with Gasteiger partial charge in [-0.3, -0.25) is 0 Å². The highest BCUT2D eigenvalue weighted by molar-refractivity contribution is 7.98. The van der Waals surface area contributed by atoms with Gasteiger partial charge in [-0.1, -0.05) is 30.3 Å². The normalized spacial score (nSPS) is 11.0. The molecule has 2 heterocycles. The Kier molecular flexibility index (Phi) is 4.45. The van der Waals surface area contributed by atoms with Gasteiger partial charge in [-0.15, -0.1) is 0 Å². The Morgan fingerprint density at radius 1 is 1.18 bits per heavy atom. The Morgan fingerprint density at radius 2 is 1.95 bits per heavy atom. The quantitative estimate of drug-likeness (QED) is 0.409. The van der Waals surface area contributed by atoms with Crippen LogP contribution in [0.15, 0.2) is 51.0 Å². The Morgan fingerprint density at radius 3 is 2.68 bits per heavy atom. The number of aryl methyl sites for hydroxylation is 1. The monoisotopic (exact) mass is 332 g/mol. The average molecular weight is 333 g/mol. The second-order valence-electron chi connectivity index (χ2n) is 4.70. The second-order valence-corrected chi connectivity index (χ2v) is 6.05. The van der Waals surface area contributed by atoms with Crippen LogP contribution in [0.1, 0.15) is 18.1 Å². The van der Waals surface area contributed by atoms with Gasteiger partial charge in [0.1, 0.15) is 5.58 Å². The summed E-state index contributed by atoms with van der Waals surface area (Å²) in [6.45, 7) is 2.01. The molecule has 4 nitrogen and oxygen atoms in total. The van der Waals surface area contributed by atoms with Crippen LogP contribution < -0.4 is 5.63 Å². The van der Waals surface area contributed by atoms with Crippen LogP contribution in [-0.4, -0.2) is 9.97 Å². The van der Waals surface area contributed by atoms with Gasteiger partial charge in [0.2, 0.25) is 0 Å². The van der Waals surface area contributed by atoms with Gasteiger partial charge >= 0.3 is 5.63 Å². The third kappa shape index (κ3) is 3.15. The van der Waals surface area contributed by atoms with Gasteiger partial charge < -0.3 is 4.42 Å². The highest BCUT2D eigenvalue weighted by Gasteiger charge is 2.10. The number of nitrogens with zero attached hydrogens (tertiary/aromatic N) is 2. The summed E-state index contributed by atoms with van der Waals surface area (Å²) in [6.07, 6.45) is 4.17. The second kappa shape index (κ2) is 6.50. The molecule has 0 fully saturated rings. The van der Waals surface area contributed by atoms with E-state index in [0.29, 0.717) is 21.5 Å². The summed E-state index contributed by atoms with van der Waals surface area (Å²) in [4.78, 5) is 20.1. The third-order valence-corrected chi connectivity index (χ3v) is 4.55. The van der Waals surface area contributed by atoms with Gasteiger partial charge in [0.05, 0.1) is 0 Å². The van der Waals surface area contributed by atoms with Crippen LogP contribution in [0.2, 0.25) is 5.02 Å². The zero-order valence-corrected chi connectivity index (χ0v) is 13.4. The van der Waals surface area contributed by atoms with Gasteiger partial charge in [0.15, 0.2) is 5.16 Å². The molecule has 3 aromatic rings. The molecule has 0 aliphatic heterocycles. The zero-order valence-electron chi connectivity index (χ0n) is 11.9. The van der Waals surface area contributed by atoms with Crippen LogP contribution >= 0.6 is 23.4 Å². The van der Waals surface area contributed by atoms with Crippen molar-refractivity contribution in [3.8, 4) is 0 Å². The predicted molar refractivity (Wildman–Crippen MR) is 88.5 cm³/mol. The molecule has 0 bridgehead atoms. The van der Waals surface area contributed by atoms with Crippen LogP contribution in [0.3, 0.4) is 0 Å². The number of aromatic nitrogens is 2. The smallest absolute Gasteiger partial charge is 0.336 e. The molecule has 0 radical (unpaired) electrons. The van der Waals surface area contributed by atoms with E-state index in [1.54, 1.807) is 18.5 Å². The van der Waals surface area contributed by atoms with Gasteiger partial charge in [0, 0.05) is 34.6 Å². The lowest BCUT2D eigenvalue weighted by Crippen LogP contribution is -2.01. The maximum atomic E-state index is 11.8. The average Bonchev–Trinajstić information content (AvgIpc) is 2.53. The lowest BCUT2D eigenvalue weighted by molar-refractivity contribution is 0.559. The molecule has 0 saturated heterocycles. The Hall–Kier alpha value is -1.85. The highest BCUT2D eigenvalue weighted by Crippen LogP contribution is 2.29. The van der Waals surface area contributed by atoms with Crippen molar-refractivity contribution in [3.05, 3.63) is 63.2 Å². The van der Waals surface area contributed by atoms with Crippen molar-refractivity contribution in [2.75, 3.05) is 0 Å². The molecular formula is C16H13ClN2O2S. The number of hydrogen-bond acceptors (Lipinski definition) is 5. The standard InChI is InChI=1S/C16H13ClN2O2S/c1-2-10-6-14-12(8-13(10)17)11(7-15(20)21-14)9-22-16-18-4-3-5-19-16/h3-8H,2,9H2,1H3. The number of benzene rings is 1. The van der Waals surface area contributed by atoms with Crippen LogP contribution in [-0.2, 0) is 12.2 Å². The maximum Gasteiger partial charge on any atom is 0.336 e. The molecule has 6 heteroatoms. The van der Waals surface area contributed by atoms with Crippen molar-refractivity contribution in [1.29, 1.82) is 0 Å². The topological polar surface area (TPSA) is 56.0 Å². The first kappa shape index (κ1) is 15.1. The van der Waals surface area contributed by atoms with E-state index in [2.05, 4.69) is 9.97 Å². The van der Waals surface area contributed by atoms with E-state index in [4.69, 9.17) is 16.0 Å². The molecule has 2 aromatic heterocycles. The first-order valence-corrected chi connectivity index (χ1v) is 8.18. The Balaban J connectivity index is 2.01. The minimum absolute atomic E-state index is 0.360. The fourth-order valence-corrected chi connectivity index (χ4v) is 3.27. The Bertz CT molecular complexity index is 865. The van der Waals surface area contributed by atoms with Crippen molar-refractivity contribution in [1.82, 2.24) is 9.97 Å². The van der Waals surface area contributed by atoms with Crippen molar-refractivity contribution in [3.63, 3.8) is 0 Å². The van der Waals surface area contributed by atoms with Gasteiger partial charge in [-0.25, -0.2) is 14.8 Å². The highest BCUT2D eigenvalue weighted by atomic mass is 35.5. The summed E-state index contributed by atoms with van der Waals surface area (Å²) >= 11 is 7.75. The number of thioether (sulfide) groups is 1. The molecule has 0 N–H and O–H groups in total. The van der Waals surface area contributed by atoms with Crippen molar-refractivity contribution >= 4 is 34.3 Å². The van der Waals surface area contributed by atoms with Crippen molar-refractivity contribution in [2.24, 2.45) is 0 Å².